The van der Waals surface area contributed by atoms with Crippen molar-refractivity contribution in [2.24, 2.45) is 0 Å². The molecule has 2 aliphatic heterocycles. The third-order valence-corrected chi connectivity index (χ3v) is 8.50. The number of nitrogens with zero attached hydrogens (tertiary/aromatic N) is 2. The van der Waals surface area contributed by atoms with E-state index >= 15 is 0 Å². The third kappa shape index (κ3) is 4.12. The number of hydrogen-bond donors (Lipinski definition) is 1. The predicted octanol–water partition coefficient (Wildman–Crippen LogP) is 5.72. The highest BCUT2D eigenvalue weighted by atomic mass is 32.2. The number of oxazole rings is 1. The molecule has 0 saturated carbocycles. The number of anilines is 1. The summed E-state index contributed by atoms with van der Waals surface area (Å²) >= 11 is 3.95. The molecule has 150 valence electrons. The first-order valence-corrected chi connectivity index (χ1v) is 12.1. The summed E-state index contributed by atoms with van der Waals surface area (Å²) in [6.45, 7) is 1.39. The number of carbonyl (C=O) groups excluding carboxylic acids is 1. The minimum Gasteiger partial charge on any atom is -0.440 e. The Balaban J connectivity index is 1.27. The Morgan fingerprint density at radius 2 is 2.00 bits per heavy atom. The van der Waals surface area contributed by atoms with E-state index in [-0.39, 0.29) is 11.9 Å². The maximum absolute atomic E-state index is 12.9. The van der Waals surface area contributed by atoms with Gasteiger partial charge in [-0.15, -0.1) is 23.5 Å². The lowest BCUT2D eigenvalue weighted by Crippen LogP contribution is -2.41. The van der Waals surface area contributed by atoms with Crippen LogP contribution in [0.4, 0.5) is 10.5 Å². The normalized spacial score (nSPS) is 20.3. The number of amides is 2. The predicted molar refractivity (Wildman–Crippen MR) is 121 cm³/mol. The topological polar surface area (TPSA) is 58.4 Å². The second kappa shape index (κ2) is 8.32. The Morgan fingerprint density at radius 1 is 1.14 bits per heavy atom. The lowest BCUT2D eigenvalue weighted by atomic mass is 9.98. The Bertz CT molecular complexity index is 983. The van der Waals surface area contributed by atoms with Crippen LogP contribution in [-0.2, 0) is 0 Å². The highest BCUT2D eigenvalue weighted by Crippen LogP contribution is 2.45. The molecule has 2 amide bonds. The molecule has 3 aromatic rings. The molecule has 0 aliphatic carbocycles. The van der Waals surface area contributed by atoms with E-state index in [0.717, 1.165) is 42.1 Å². The van der Waals surface area contributed by atoms with E-state index in [2.05, 4.69) is 22.4 Å². The minimum absolute atomic E-state index is 0.0466. The number of fused-ring (bicyclic) bond motifs is 1. The van der Waals surface area contributed by atoms with Gasteiger partial charge in [-0.1, -0.05) is 24.3 Å². The van der Waals surface area contributed by atoms with Crippen LogP contribution < -0.4 is 5.32 Å². The van der Waals surface area contributed by atoms with Crippen molar-refractivity contribution in [1.29, 1.82) is 0 Å². The van der Waals surface area contributed by atoms with Crippen molar-refractivity contribution in [2.75, 3.05) is 29.9 Å². The van der Waals surface area contributed by atoms with E-state index < -0.39 is 0 Å². The zero-order chi connectivity index (χ0) is 19.6. The Hall–Kier alpha value is -2.12. The van der Waals surface area contributed by atoms with Crippen LogP contribution in [0.1, 0.15) is 34.8 Å². The first-order valence-electron chi connectivity index (χ1n) is 10.0. The van der Waals surface area contributed by atoms with Gasteiger partial charge >= 0.3 is 6.03 Å². The summed E-state index contributed by atoms with van der Waals surface area (Å²) in [5.74, 6) is 3.26. The van der Waals surface area contributed by atoms with Crippen LogP contribution in [0.5, 0.6) is 0 Å². The third-order valence-electron chi connectivity index (χ3n) is 5.40. The van der Waals surface area contributed by atoms with Crippen LogP contribution in [-0.4, -0.2) is 40.5 Å². The second-order valence-corrected chi connectivity index (χ2v) is 10.2. The monoisotopic (exact) mass is 425 g/mol. The summed E-state index contributed by atoms with van der Waals surface area (Å²) < 4.78 is 6.43. The van der Waals surface area contributed by atoms with E-state index in [0.29, 0.717) is 11.1 Å². The van der Waals surface area contributed by atoms with Crippen molar-refractivity contribution >= 4 is 46.3 Å². The molecule has 1 aromatic heterocycles. The smallest absolute Gasteiger partial charge is 0.321 e. The quantitative estimate of drug-likeness (QED) is 0.582. The number of hydrogen-bond acceptors (Lipinski definition) is 5. The van der Waals surface area contributed by atoms with Crippen LogP contribution in [0.15, 0.2) is 52.9 Å². The van der Waals surface area contributed by atoms with E-state index in [4.69, 9.17) is 4.42 Å². The van der Waals surface area contributed by atoms with Crippen LogP contribution in [0.25, 0.3) is 11.1 Å². The molecule has 2 aliphatic rings. The molecule has 0 radical (unpaired) electrons. The Labute approximate surface area is 178 Å². The molecular formula is C22H23N3O2S2. The molecule has 29 heavy (non-hydrogen) atoms. The number of para-hydroxylation sites is 2. The molecule has 1 N–H and O–H groups in total. The first kappa shape index (κ1) is 18.9. The van der Waals surface area contributed by atoms with Gasteiger partial charge in [0, 0.05) is 30.3 Å². The fraction of sp³-hybridized carbons (Fsp3) is 0.364. The Kier molecular flexibility index (Phi) is 5.42. The van der Waals surface area contributed by atoms with Crippen LogP contribution in [0, 0.1) is 0 Å². The molecule has 0 spiro atoms. The Morgan fingerprint density at radius 3 is 2.86 bits per heavy atom. The fourth-order valence-electron chi connectivity index (χ4n) is 3.94. The molecule has 2 fully saturated rings. The number of urea groups is 1. The van der Waals surface area contributed by atoms with Gasteiger partial charge in [-0.2, -0.15) is 0 Å². The molecule has 7 heteroatoms. The van der Waals surface area contributed by atoms with Crippen LogP contribution >= 0.6 is 23.5 Å². The molecule has 3 heterocycles. The van der Waals surface area contributed by atoms with Gasteiger partial charge in [0.25, 0.3) is 0 Å². The summed E-state index contributed by atoms with van der Waals surface area (Å²) in [6.07, 6.45) is 1.94. The van der Waals surface area contributed by atoms with Gasteiger partial charge in [0.2, 0.25) is 0 Å². The molecule has 1 unspecified atom stereocenters. The number of aromatic nitrogens is 1. The number of rotatable bonds is 3. The fourth-order valence-corrected chi connectivity index (χ4v) is 6.78. The maximum atomic E-state index is 12.9. The number of piperidine rings is 1. The van der Waals surface area contributed by atoms with Crippen molar-refractivity contribution in [3.8, 4) is 0 Å². The zero-order valence-corrected chi connectivity index (χ0v) is 17.7. The maximum Gasteiger partial charge on any atom is 0.321 e. The van der Waals surface area contributed by atoms with Gasteiger partial charge in [-0.25, -0.2) is 9.78 Å². The van der Waals surface area contributed by atoms with Gasteiger partial charge < -0.3 is 14.6 Å². The summed E-state index contributed by atoms with van der Waals surface area (Å²) in [5, 5.41) is 3.09. The first-order chi connectivity index (χ1) is 14.3. The molecule has 2 saturated heterocycles. The number of carbonyl (C=O) groups is 1. The number of nitrogens with one attached hydrogen (secondary N) is 1. The van der Waals surface area contributed by atoms with Crippen molar-refractivity contribution in [3.05, 3.63) is 60.0 Å². The van der Waals surface area contributed by atoms with E-state index in [9.17, 15) is 4.79 Å². The van der Waals surface area contributed by atoms with E-state index in [1.54, 1.807) is 0 Å². The highest BCUT2D eigenvalue weighted by Gasteiger charge is 2.28. The standard InChI is InChI=1S/C22H23N3O2S2/c26-22(23-17-7-3-5-15(13-17)21-28-11-12-29-21)25-10-4-6-16(14-25)20-24-18-8-1-2-9-19(18)27-20/h1-3,5,7-9,13,16,21H,4,6,10-12,14H2,(H,23,26). The average molecular weight is 426 g/mol. The number of thioether (sulfide) groups is 2. The lowest BCUT2D eigenvalue weighted by Gasteiger charge is -2.31. The van der Waals surface area contributed by atoms with E-state index in [1.807, 2.05) is 64.8 Å². The second-order valence-electron chi connectivity index (χ2n) is 7.43. The molecule has 0 bridgehead atoms. The average Bonchev–Trinajstić information content (AvgIpc) is 3.44. The number of benzene rings is 2. The largest absolute Gasteiger partial charge is 0.440 e. The summed E-state index contributed by atoms with van der Waals surface area (Å²) in [6, 6.07) is 16.0. The van der Waals surface area contributed by atoms with Gasteiger partial charge in [0.05, 0.1) is 10.5 Å². The zero-order valence-electron chi connectivity index (χ0n) is 16.0. The highest BCUT2D eigenvalue weighted by molar-refractivity contribution is 8.19. The molecule has 1 atom stereocenters. The van der Waals surface area contributed by atoms with Gasteiger partial charge in [-0.05, 0) is 42.7 Å². The van der Waals surface area contributed by atoms with Gasteiger partial charge in [0.15, 0.2) is 11.5 Å². The minimum atomic E-state index is -0.0466. The van der Waals surface area contributed by atoms with Crippen LogP contribution in [0.3, 0.4) is 0 Å². The molecular weight excluding hydrogens is 402 g/mol. The molecule has 5 nitrogen and oxygen atoms in total. The molecule has 5 rings (SSSR count). The van der Waals surface area contributed by atoms with Crippen LogP contribution in [0.2, 0.25) is 0 Å². The van der Waals surface area contributed by atoms with Crippen molar-refractivity contribution < 1.29 is 9.21 Å². The lowest BCUT2D eigenvalue weighted by molar-refractivity contribution is 0.187. The van der Waals surface area contributed by atoms with Gasteiger partial charge in [0.1, 0.15) is 5.52 Å². The summed E-state index contributed by atoms with van der Waals surface area (Å²) in [5.41, 5.74) is 3.83. The van der Waals surface area contributed by atoms with Crippen molar-refractivity contribution in [3.63, 3.8) is 0 Å². The summed E-state index contributed by atoms with van der Waals surface area (Å²) in [4.78, 5) is 19.4. The van der Waals surface area contributed by atoms with Crippen molar-refractivity contribution in [2.45, 2.75) is 23.3 Å². The SMILES string of the molecule is O=C(Nc1cccc(C2SCCS2)c1)N1CCCC(c2nc3ccccc3o2)C1. The summed E-state index contributed by atoms with van der Waals surface area (Å²) in [7, 11) is 0. The van der Waals surface area contributed by atoms with Gasteiger partial charge in [-0.3, -0.25) is 0 Å². The molecule has 2 aromatic carbocycles. The van der Waals surface area contributed by atoms with Crippen molar-refractivity contribution in [1.82, 2.24) is 9.88 Å². The van der Waals surface area contributed by atoms with E-state index in [1.165, 1.54) is 17.1 Å². The number of likely N-dealkylation sites (tertiary alicyclic amines) is 1.